The molecule has 1 unspecified atom stereocenters. The summed E-state index contributed by atoms with van der Waals surface area (Å²) in [6, 6.07) is 11.1. The number of sulfonamides is 1. The quantitative estimate of drug-likeness (QED) is 0.496. The van der Waals surface area contributed by atoms with Gasteiger partial charge < -0.3 is 9.64 Å². The number of piperidine rings is 1. The fourth-order valence-corrected chi connectivity index (χ4v) is 6.45. The van der Waals surface area contributed by atoms with Crippen LogP contribution in [0.15, 0.2) is 47.4 Å². The third kappa shape index (κ3) is 4.89. The van der Waals surface area contributed by atoms with E-state index in [2.05, 4.69) is 16.7 Å². The molecule has 0 aliphatic carbocycles. The Morgan fingerprint density at radius 3 is 2.28 bits per heavy atom. The van der Waals surface area contributed by atoms with Crippen molar-refractivity contribution in [2.75, 3.05) is 51.3 Å². The molecule has 0 radical (unpaired) electrons. The van der Waals surface area contributed by atoms with Gasteiger partial charge in [-0.05, 0) is 68.7 Å². The van der Waals surface area contributed by atoms with Gasteiger partial charge >= 0.3 is 0 Å². The first kappa shape index (κ1) is 24.9. The molecule has 3 aromatic rings. The first-order valence-corrected chi connectivity index (χ1v) is 13.9. The molecule has 10 heteroatoms. The minimum Gasteiger partial charge on any atom is -0.497 e. The lowest BCUT2D eigenvalue weighted by Crippen LogP contribution is -2.49. The van der Waals surface area contributed by atoms with Gasteiger partial charge in [-0.3, -0.25) is 4.90 Å². The number of hydrogen-bond donors (Lipinski definition) is 0. The summed E-state index contributed by atoms with van der Waals surface area (Å²) in [6.07, 6.45) is 3.38. The van der Waals surface area contributed by atoms with E-state index in [1.807, 2.05) is 0 Å². The van der Waals surface area contributed by atoms with Gasteiger partial charge in [-0.2, -0.15) is 4.31 Å². The van der Waals surface area contributed by atoms with Crippen molar-refractivity contribution >= 4 is 26.7 Å². The summed E-state index contributed by atoms with van der Waals surface area (Å²) in [5, 5.41) is 0.739. The average Bonchev–Trinajstić information content (AvgIpc) is 2.92. The van der Waals surface area contributed by atoms with Gasteiger partial charge in [0.1, 0.15) is 23.2 Å². The summed E-state index contributed by atoms with van der Waals surface area (Å²) >= 11 is 0. The topological polar surface area (TPSA) is 78.9 Å². The van der Waals surface area contributed by atoms with Crippen molar-refractivity contribution in [2.24, 2.45) is 0 Å². The van der Waals surface area contributed by atoms with Crippen LogP contribution >= 0.6 is 0 Å². The molecule has 36 heavy (non-hydrogen) atoms. The average molecular weight is 514 g/mol. The number of ether oxygens (including phenoxy) is 1. The van der Waals surface area contributed by atoms with Crippen LogP contribution in [0.3, 0.4) is 0 Å². The highest BCUT2D eigenvalue weighted by molar-refractivity contribution is 7.89. The Balaban J connectivity index is 1.35. The molecule has 0 spiro atoms. The Labute approximate surface area is 211 Å². The van der Waals surface area contributed by atoms with Crippen molar-refractivity contribution < 1.29 is 17.5 Å². The Hall–Kier alpha value is -2.82. The molecule has 1 atom stereocenters. The van der Waals surface area contributed by atoms with Crippen LogP contribution in [-0.2, 0) is 10.0 Å². The Morgan fingerprint density at radius 2 is 1.61 bits per heavy atom. The number of nitrogens with zero attached hydrogens (tertiary/aromatic N) is 5. The number of anilines is 1. The molecule has 0 bridgehead atoms. The lowest BCUT2D eigenvalue weighted by atomic mass is 10.1. The van der Waals surface area contributed by atoms with E-state index in [4.69, 9.17) is 14.7 Å². The molecule has 1 aromatic heterocycles. The molecule has 2 aromatic carbocycles. The summed E-state index contributed by atoms with van der Waals surface area (Å²) in [5.74, 6) is 1.80. The number of aromatic nitrogens is 2. The second-order valence-electron chi connectivity index (χ2n) is 9.41. The lowest BCUT2D eigenvalue weighted by molar-refractivity contribution is 0.141. The third-order valence-electron chi connectivity index (χ3n) is 7.20. The van der Waals surface area contributed by atoms with Crippen LogP contribution in [0.5, 0.6) is 5.75 Å². The van der Waals surface area contributed by atoms with Crippen LogP contribution in [-0.4, -0.2) is 74.0 Å². The highest BCUT2D eigenvalue weighted by atomic mass is 32.2. The second-order valence-corrected chi connectivity index (χ2v) is 11.3. The van der Waals surface area contributed by atoms with Crippen molar-refractivity contribution in [1.29, 1.82) is 0 Å². The maximum absolute atomic E-state index is 14.1. The zero-order chi connectivity index (χ0) is 25.3. The number of piperazine rings is 1. The smallest absolute Gasteiger partial charge is 0.243 e. The molecule has 3 heterocycles. The number of halogens is 1. The van der Waals surface area contributed by atoms with E-state index in [0.29, 0.717) is 37.8 Å². The van der Waals surface area contributed by atoms with E-state index in [-0.39, 0.29) is 16.8 Å². The van der Waals surface area contributed by atoms with E-state index in [1.54, 1.807) is 37.4 Å². The van der Waals surface area contributed by atoms with E-state index in [9.17, 15) is 12.8 Å². The van der Waals surface area contributed by atoms with Crippen LogP contribution in [0.1, 0.15) is 38.1 Å². The summed E-state index contributed by atoms with van der Waals surface area (Å²) < 4.78 is 47.0. The molecule has 2 aliphatic heterocycles. The molecule has 2 saturated heterocycles. The zero-order valence-corrected chi connectivity index (χ0v) is 21.5. The van der Waals surface area contributed by atoms with Crippen molar-refractivity contribution in [3.63, 3.8) is 0 Å². The van der Waals surface area contributed by atoms with Gasteiger partial charge in [0.15, 0.2) is 0 Å². The highest BCUT2D eigenvalue weighted by Gasteiger charge is 2.31. The number of benzene rings is 2. The van der Waals surface area contributed by atoms with Crippen LogP contribution in [0.2, 0.25) is 0 Å². The van der Waals surface area contributed by atoms with Crippen LogP contribution in [0.4, 0.5) is 10.2 Å². The van der Waals surface area contributed by atoms with Gasteiger partial charge in [0, 0.05) is 44.7 Å². The molecule has 0 saturated carbocycles. The summed E-state index contributed by atoms with van der Waals surface area (Å²) in [5.41, 5.74) is 0.731. The van der Waals surface area contributed by atoms with Gasteiger partial charge in [0.2, 0.25) is 10.0 Å². The molecule has 5 rings (SSSR count). The highest BCUT2D eigenvalue weighted by Crippen LogP contribution is 2.31. The lowest BCUT2D eigenvalue weighted by Gasteiger charge is -2.37. The predicted octanol–water partition coefficient (Wildman–Crippen LogP) is 3.84. The molecular formula is C26H32FN5O3S. The van der Waals surface area contributed by atoms with Crippen molar-refractivity contribution in [3.05, 3.63) is 54.1 Å². The summed E-state index contributed by atoms with van der Waals surface area (Å²) in [6.45, 7) is 5.77. The van der Waals surface area contributed by atoms with Gasteiger partial charge in [0.25, 0.3) is 0 Å². The molecule has 2 fully saturated rings. The van der Waals surface area contributed by atoms with Gasteiger partial charge in [-0.25, -0.2) is 22.8 Å². The number of rotatable bonds is 6. The Morgan fingerprint density at radius 1 is 0.917 bits per heavy atom. The fourth-order valence-electron chi connectivity index (χ4n) is 5.03. The molecular weight excluding hydrogens is 481 g/mol. The number of hydrogen-bond acceptors (Lipinski definition) is 7. The van der Waals surface area contributed by atoms with E-state index in [0.717, 1.165) is 42.7 Å². The van der Waals surface area contributed by atoms with Gasteiger partial charge in [-0.1, -0.05) is 0 Å². The van der Waals surface area contributed by atoms with Gasteiger partial charge in [0.05, 0.1) is 23.6 Å². The Kier molecular flexibility index (Phi) is 7.09. The second kappa shape index (κ2) is 10.3. The predicted molar refractivity (Wildman–Crippen MR) is 137 cm³/mol. The minimum absolute atomic E-state index is 0.103. The minimum atomic E-state index is -3.58. The summed E-state index contributed by atoms with van der Waals surface area (Å²) in [4.78, 5) is 14.4. The molecule has 2 aliphatic rings. The van der Waals surface area contributed by atoms with Crippen LogP contribution < -0.4 is 9.64 Å². The molecule has 0 N–H and O–H groups in total. The molecule has 192 valence electrons. The van der Waals surface area contributed by atoms with Crippen molar-refractivity contribution in [1.82, 2.24) is 19.2 Å². The first-order chi connectivity index (χ1) is 17.4. The monoisotopic (exact) mass is 513 g/mol. The third-order valence-corrected chi connectivity index (χ3v) is 9.12. The van der Waals surface area contributed by atoms with Crippen LogP contribution in [0, 0.1) is 5.82 Å². The van der Waals surface area contributed by atoms with Crippen molar-refractivity contribution in [2.45, 2.75) is 37.1 Å². The Bertz CT molecular complexity index is 1320. The number of fused-ring (bicyclic) bond motifs is 1. The largest absolute Gasteiger partial charge is 0.497 e. The van der Waals surface area contributed by atoms with Crippen molar-refractivity contribution in [3.8, 4) is 5.75 Å². The SMILES string of the molecule is COc1ccc(S(=O)(=O)N2CCN(C(C)c3nc(N4CCCCC4)c4cc(F)ccc4n3)CC2)cc1. The normalized spacial score (nSPS) is 18.9. The van der Waals surface area contributed by atoms with E-state index >= 15 is 0 Å². The standard InChI is InChI=1S/C26H32FN5O3S/c1-19(30-14-16-32(17-15-30)36(33,34)22-9-7-21(35-2)8-10-22)25-28-24-11-6-20(27)18-23(24)26(29-25)31-12-4-3-5-13-31/h6-11,18-19H,3-5,12-17H2,1-2H3. The summed E-state index contributed by atoms with van der Waals surface area (Å²) in [7, 11) is -2.02. The fraction of sp³-hybridized carbons (Fsp3) is 0.462. The van der Waals surface area contributed by atoms with E-state index < -0.39 is 10.0 Å². The first-order valence-electron chi connectivity index (χ1n) is 12.5. The van der Waals surface area contributed by atoms with Gasteiger partial charge in [-0.15, -0.1) is 0 Å². The zero-order valence-electron chi connectivity index (χ0n) is 20.7. The number of methoxy groups -OCH3 is 1. The van der Waals surface area contributed by atoms with E-state index in [1.165, 1.54) is 22.9 Å². The maximum Gasteiger partial charge on any atom is 0.243 e. The molecule has 0 amide bonds. The molecule has 8 nitrogen and oxygen atoms in total. The maximum atomic E-state index is 14.1. The van der Waals surface area contributed by atoms with Crippen LogP contribution in [0.25, 0.3) is 10.9 Å².